The van der Waals surface area contributed by atoms with E-state index in [1.165, 1.54) is 0 Å². The van der Waals surface area contributed by atoms with Crippen LogP contribution in [-0.2, 0) is 4.79 Å². The van der Waals surface area contributed by atoms with E-state index in [4.69, 9.17) is 10.00 Å². The normalized spacial score (nSPS) is 25.9. The van der Waals surface area contributed by atoms with E-state index >= 15 is 0 Å². The highest BCUT2D eigenvalue weighted by molar-refractivity contribution is 5.85. The summed E-state index contributed by atoms with van der Waals surface area (Å²) >= 11 is 0. The fourth-order valence-corrected chi connectivity index (χ4v) is 2.96. The van der Waals surface area contributed by atoms with Gasteiger partial charge in [-0.1, -0.05) is 0 Å². The number of hydrogen-bond donors (Lipinski definition) is 1. The molecule has 0 aliphatic carbocycles. The molecular weight excluding hydrogens is 339 g/mol. The Labute approximate surface area is 148 Å². The van der Waals surface area contributed by atoms with Crippen LogP contribution in [0.1, 0.15) is 19.3 Å². The summed E-state index contributed by atoms with van der Waals surface area (Å²) in [5.74, 6) is 0.792. The van der Waals surface area contributed by atoms with Gasteiger partial charge in [-0.25, -0.2) is 0 Å². The number of nitrogens with one attached hydrogen (secondary N) is 1. The molecule has 0 unspecified atom stereocenters. The van der Waals surface area contributed by atoms with E-state index in [1.807, 2.05) is 0 Å². The summed E-state index contributed by atoms with van der Waals surface area (Å²) in [7, 11) is 0. The van der Waals surface area contributed by atoms with Gasteiger partial charge in [-0.3, -0.25) is 9.78 Å². The maximum absolute atomic E-state index is 12.5. The maximum atomic E-state index is 12.5. The van der Waals surface area contributed by atoms with Crippen molar-refractivity contribution in [1.29, 1.82) is 5.26 Å². The molecule has 1 N–H and O–H groups in total. The van der Waals surface area contributed by atoms with Crippen LogP contribution in [0.15, 0.2) is 24.5 Å². The topological polar surface area (TPSA) is 78.2 Å². The Bertz CT molecular complexity index is 552. The molecule has 2 aliphatic heterocycles. The molecule has 3 atom stereocenters. The molecule has 2 fully saturated rings. The number of pyridine rings is 1. The molecule has 3 heterocycles. The fraction of sp³-hybridized carbons (Fsp3) is 0.533. The number of halogens is 2. The summed E-state index contributed by atoms with van der Waals surface area (Å²) in [6.07, 6.45) is 5.67. The standard InChI is InChI=1S/C15H18N4O2.2ClH/c16-9-11-2-1-7-19(11)15(20)14-8-13(10-18-14)21-12-3-5-17-6-4-12;;/h3-6,11,13-14,18H,1-2,7-8,10H2;2*1H/t11-,13-,14-;;/m0../s1. The monoisotopic (exact) mass is 358 g/mol. The summed E-state index contributed by atoms with van der Waals surface area (Å²) in [5, 5.41) is 12.3. The molecule has 23 heavy (non-hydrogen) atoms. The molecule has 0 spiro atoms. The molecule has 0 bridgehead atoms. The molecule has 2 saturated heterocycles. The summed E-state index contributed by atoms with van der Waals surface area (Å²) in [6.45, 7) is 1.33. The first kappa shape index (κ1) is 19.5. The predicted octanol–water partition coefficient (Wildman–Crippen LogP) is 1.55. The molecule has 126 valence electrons. The minimum atomic E-state index is -0.264. The van der Waals surface area contributed by atoms with E-state index in [9.17, 15) is 4.79 Å². The Morgan fingerprint density at radius 3 is 2.83 bits per heavy atom. The van der Waals surface area contributed by atoms with Crippen molar-refractivity contribution < 1.29 is 9.53 Å². The van der Waals surface area contributed by atoms with Gasteiger partial charge in [0.05, 0.1) is 12.1 Å². The molecule has 0 saturated carbocycles. The van der Waals surface area contributed by atoms with Gasteiger partial charge in [0.25, 0.3) is 0 Å². The number of aromatic nitrogens is 1. The third kappa shape index (κ3) is 4.47. The Morgan fingerprint density at radius 2 is 2.13 bits per heavy atom. The van der Waals surface area contributed by atoms with E-state index in [0.29, 0.717) is 19.5 Å². The van der Waals surface area contributed by atoms with Gasteiger partial charge in [-0.15, -0.1) is 24.8 Å². The number of nitriles is 1. The summed E-state index contributed by atoms with van der Waals surface area (Å²) in [4.78, 5) is 18.1. The zero-order valence-electron chi connectivity index (χ0n) is 12.6. The third-order valence-corrected chi connectivity index (χ3v) is 4.03. The number of ether oxygens (including phenoxy) is 1. The second-order valence-electron chi connectivity index (χ2n) is 5.44. The molecule has 1 aromatic heterocycles. The SMILES string of the molecule is Cl.Cl.N#C[C@@H]1CCCN1C(=O)[C@@H]1C[C@H](Oc2ccncc2)CN1. The average molecular weight is 359 g/mol. The zero-order valence-corrected chi connectivity index (χ0v) is 14.2. The highest BCUT2D eigenvalue weighted by Gasteiger charge is 2.37. The smallest absolute Gasteiger partial charge is 0.240 e. The van der Waals surface area contributed by atoms with Crippen LogP contribution in [0.25, 0.3) is 0 Å². The Kier molecular flexibility index (Phi) is 7.56. The molecule has 0 radical (unpaired) electrons. The largest absolute Gasteiger partial charge is 0.489 e. The first-order valence-corrected chi connectivity index (χ1v) is 7.28. The first-order chi connectivity index (χ1) is 10.3. The summed E-state index contributed by atoms with van der Waals surface area (Å²) < 4.78 is 5.83. The third-order valence-electron chi connectivity index (χ3n) is 4.03. The Hall–Kier alpha value is -1.55. The second-order valence-corrected chi connectivity index (χ2v) is 5.44. The van der Waals surface area contributed by atoms with Crippen molar-refractivity contribution >= 4 is 30.7 Å². The van der Waals surface area contributed by atoms with Crippen molar-refractivity contribution in [2.45, 2.75) is 37.5 Å². The van der Waals surface area contributed by atoms with Crippen LogP contribution >= 0.6 is 24.8 Å². The van der Waals surface area contributed by atoms with Gasteiger partial charge in [0, 0.05) is 31.9 Å². The number of carbonyl (C=O) groups is 1. The van der Waals surface area contributed by atoms with Gasteiger partial charge in [0.15, 0.2) is 0 Å². The number of likely N-dealkylation sites (tertiary alicyclic amines) is 1. The molecule has 2 aliphatic rings. The number of hydrogen-bond acceptors (Lipinski definition) is 5. The molecule has 1 aromatic rings. The number of nitrogens with zero attached hydrogens (tertiary/aromatic N) is 3. The Morgan fingerprint density at radius 1 is 1.39 bits per heavy atom. The fourth-order valence-electron chi connectivity index (χ4n) is 2.96. The highest BCUT2D eigenvalue weighted by atomic mass is 35.5. The van der Waals surface area contributed by atoms with Gasteiger partial charge in [-0.2, -0.15) is 5.26 Å². The molecule has 6 nitrogen and oxygen atoms in total. The zero-order chi connectivity index (χ0) is 14.7. The Balaban J connectivity index is 0.00000132. The maximum Gasteiger partial charge on any atom is 0.240 e. The minimum absolute atomic E-state index is 0. The van der Waals surface area contributed by atoms with Gasteiger partial charge in [0.2, 0.25) is 5.91 Å². The van der Waals surface area contributed by atoms with E-state index < -0.39 is 0 Å². The molecule has 8 heteroatoms. The van der Waals surface area contributed by atoms with Crippen LogP contribution in [0.3, 0.4) is 0 Å². The van der Waals surface area contributed by atoms with Crippen molar-refractivity contribution in [2.24, 2.45) is 0 Å². The summed E-state index contributed by atoms with van der Waals surface area (Å²) in [6, 6.07) is 5.31. The minimum Gasteiger partial charge on any atom is -0.489 e. The van der Waals surface area contributed by atoms with Crippen LogP contribution in [0.4, 0.5) is 0 Å². The lowest BCUT2D eigenvalue weighted by Crippen LogP contribution is -2.45. The van der Waals surface area contributed by atoms with E-state index in [0.717, 1.165) is 18.6 Å². The summed E-state index contributed by atoms with van der Waals surface area (Å²) in [5.41, 5.74) is 0. The van der Waals surface area contributed by atoms with Gasteiger partial charge in [0.1, 0.15) is 17.9 Å². The molecule has 3 rings (SSSR count). The molecular formula is C15H20Cl2N4O2. The van der Waals surface area contributed by atoms with Crippen molar-refractivity contribution in [3.05, 3.63) is 24.5 Å². The lowest BCUT2D eigenvalue weighted by molar-refractivity contribution is -0.133. The predicted molar refractivity (Wildman–Crippen MR) is 89.9 cm³/mol. The first-order valence-electron chi connectivity index (χ1n) is 7.28. The second kappa shape index (κ2) is 8.92. The van der Waals surface area contributed by atoms with Crippen molar-refractivity contribution in [3.63, 3.8) is 0 Å². The van der Waals surface area contributed by atoms with Gasteiger partial charge >= 0.3 is 0 Å². The lowest BCUT2D eigenvalue weighted by atomic mass is 10.1. The van der Waals surface area contributed by atoms with Crippen LogP contribution in [0.5, 0.6) is 5.75 Å². The van der Waals surface area contributed by atoms with Gasteiger partial charge < -0.3 is 15.0 Å². The average Bonchev–Trinajstić information content (AvgIpc) is 3.16. The van der Waals surface area contributed by atoms with E-state index in [2.05, 4.69) is 16.4 Å². The van der Waals surface area contributed by atoms with Crippen LogP contribution in [0.2, 0.25) is 0 Å². The van der Waals surface area contributed by atoms with E-state index in [-0.39, 0.29) is 48.9 Å². The molecule has 0 aromatic carbocycles. The van der Waals surface area contributed by atoms with Crippen molar-refractivity contribution in [1.82, 2.24) is 15.2 Å². The van der Waals surface area contributed by atoms with Crippen LogP contribution < -0.4 is 10.1 Å². The quantitative estimate of drug-likeness (QED) is 0.886. The number of rotatable bonds is 3. The molecule has 1 amide bonds. The highest BCUT2D eigenvalue weighted by Crippen LogP contribution is 2.22. The van der Waals surface area contributed by atoms with E-state index in [1.54, 1.807) is 29.4 Å². The van der Waals surface area contributed by atoms with Crippen LogP contribution in [0, 0.1) is 11.3 Å². The number of amides is 1. The van der Waals surface area contributed by atoms with Crippen molar-refractivity contribution in [2.75, 3.05) is 13.1 Å². The van der Waals surface area contributed by atoms with Crippen LogP contribution in [-0.4, -0.2) is 47.1 Å². The lowest BCUT2D eigenvalue weighted by Gasteiger charge is -2.23. The number of carbonyl (C=O) groups excluding carboxylic acids is 1. The van der Waals surface area contributed by atoms with Crippen molar-refractivity contribution in [3.8, 4) is 11.8 Å². The van der Waals surface area contributed by atoms with Gasteiger partial charge in [-0.05, 0) is 25.0 Å².